The molecule has 1 aliphatic heterocycles. The summed E-state index contributed by atoms with van der Waals surface area (Å²) in [7, 11) is 0. The highest BCUT2D eigenvalue weighted by Crippen LogP contribution is 2.19. The lowest BCUT2D eigenvalue weighted by molar-refractivity contribution is 0.0936. The topological polar surface area (TPSA) is 21.3 Å². The first-order chi connectivity index (χ1) is 7.36. The molecular weight excluding hydrogens is 186 g/mol. The highest BCUT2D eigenvalue weighted by Gasteiger charge is 2.19. The van der Waals surface area contributed by atoms with Crippen LogP contribution in [0.15, 0.2) is 12.7 Å². The van der Waals surface area contributed by atoms with Crippen LogP contribution in [0.5, 0.6) is 0 Å². The summed E-state index contributed by atoms with van der Waals surface area (Å²) in [6, 6.07) is 0.637. The fourth-order valence-electron chi connectivity index (χ4n) is 2.25. The maximum atomic E-state index is 5.68. The second-order valence-corrected chi connectivity index (χ2v) is 4.34. The highest BCUT2D eigenvalue weighted by molar-refractivity contribution is 4.76. The zero-order chi connectivity index (χ0) is 10.9. The predicted molar refractivity (Wildman–Crippen MR) is 65.1 cm³/mol. The average Bonchev–Trinajstić information content (AvgIpc) is 2.71. The van der Waals surface area contributed by atoms with Crippen molar-refractivity contribution in [1.29, 1.82) is 0 Å². The van der Waals surface area contributed by atoms with E-state index in [0.29, 0.717) is 12.1 Å². The standard InChI is InChI=1S/C13H25NO/c1-3-5-6-8-12(14-4-2)11-13-9-7-10-15-13/h3,12-14H,1,4-11H2,2H3. The first-order valence-electron chi connectivity index (χ1n) is 6.32. The molecule has 1 saturated heterocycles. The number of unbranched alkanes of at least 4 members (excludes halogenated alkanes) is 1. The maximum absolute atomic E-state index is 5.68. The Morgan fingerprint density at radius 2 is 2.47 bits per heavy atom. The maximum Gasteiger partial charge on any atom is 0.0590 e. The van der Waals surface area contributed by atoms with Gasteiger partial charge in [-0.05, 0) is 45.1 Å². The third-order valence-electron chi connectivity index (χ3n) is 3.03. The average molecular weight is 211 g/mol. The zero-order valence-corrected chi connectivity index (χ0v) is 10.0. The van der Waals surface area contributed by atoms with Crippen molar-refractivity contribution < 1.29 is 4.74 Å². The third-order valence-corrected chi connectivity index (χ3v) is 3.03. The summed E-state index contributed by atoms with van der Waals surface area (Å²) in [5, 5.41) is 3.55. The van der Waals surface area contributed by atoms with Gasteiger partial charge in [0.1, 0.15) is 0 Å². The van der Waals surface area contributed by atoms with Crippen LogP contribution in [0.4, 0.5) is 0 Å². The monoisotopic (exact) mass is 211 g/mol. The molecule has 1 heterocycles. The van der Waals surface area contributed by atoms with Gasteiger partial charge in [0.25, 0.3) is 0 Å². The van der Waals surface area contributed by atoms with Crippen molar-refractivity contribution in [3.8, 4) is 0 Å². The SMILES string of the molecule is C=CCCCC(CC1CCCO1)NCC. The Morgan fingerprint density at radius 3 is 3.07 bits per heavy atom. The second kappa shape index (κ2) is 7.89. The summed E-state index contributed by atoms with van der Waals surface area (Å²) in [5.41, 5.74) is 0. The molecule has 0 amide bonds. The number of nitrogens with one attached hydrogen (secondary N) is 1. The first-order valence-corrected chi connectivity index (χ1v) is 6.32. The van der Waals surface area contributed by atoms with E-state index in [1.165, 1.54) is 32.1 Å². The summed E-state index contributed by atoms with van der Waals surface area (Å²) in [6.45, 7) is 7.97. The van der Waals surface area contributed by atoms with E-state index in [9.17, 15) is 0 Å². The molecule has 2 nitrogen and oxygen atoms in total. The Labute approximate surface area is 94.1 Å². The van der Waals surface area contributed by atoms with E-state index in [4.69, 9.17) is 4.74 Å². The number of rotatable bonds is 8. The number of allylic oxidation sites excluding steroid dienone is 1. The van der Waals surface area contributed by atoms with Gasteiger partial charge in [-0.3, -0.25) is 0 Å². The van der Waals surface area contributed by atoms with Gasteiger partial charge in [-0.15, -0.1) is 6.58 Å². The molecule has 0 aromatic carbocycles. The lowest BCUT2D eigenvalue weighted by Crippen LogP contribution is -2.32. The Morgan fingerprint density at radius 1 is 1.60 bits per heavy atom. The Hall–Kier alpha value is -0.340. The van der Waals surface area contributed by atoms with Crippen molar-refractivity contribution in [2.75, 3.05) is 13.2 Å². The van der Waals surface area contributed by atoms with Gasteiger partial charge in [0.15, 0.2) is 0 Å². The minimum Gasteiger partial charge on any atom is -0.378 e. The van der Waals surface area contributed by atoms with Crippen molar-refractivity contribution in [2.24, 2.45) is 0 Å². The molecule has 0 aromatic rings. The van der Waals surface area contributed by atoms with E-state index in [2.05, 4.69) is 18.8 Å². The van der Waals surface area contributed by atoms with E-state index in [0.717, 1.165) is 19.6 Å². The molecule has 1 N–H and O–H groups in total. The van der Waals surface area contributed by atoms with Crippen molar-refractivity contribution in [2.45, 2.75) is 57.6 Å². The molecule has 2 heteroatoms. The van der Waals surface area contributed by atoms with Crippen LogP contribution in [0.25, 0.3) is 0 Å². The van der Waals surface area contributed by atoms with Gasteiger partial charge in [-0.1, -0.05) is 13.0 Å². The largest absolute Gasteiger partial charge is 0.378 e. The summed E-state index contributed by atoms with van der Waals surface area (Å²) in [6.07, 6.45) is 9.83. The van der Waals surface area contributed by atoms with Crippen LogP contribution >= 0.6 is 0 Å². The fourth-order valence-corrected chi connectivity index (χ4v) is 2.25. The normalized spacial score (nSPS) is 22.9. The molecule has 88 valence electrons. The highest BCUT2D eigenvalue weighted by atomic mass is 16.5. The minimum atomic E-state index is 0.512. The van der Waals surface area contributed by atoms with Crippen molar-refractivity contribution in [1.82, 2.24) is 5.32 Å². The molecule has 0 spiro atoms. The minimum absolute atomic E-state index is 0.512. The third kappa shape index (κ3) is 5.33. The van der Waals surface area contributed by atoms with Gasteiger partial charge in [0.05, 0.1) is 6.10 Å². The van der Waals surface area contributed by atoms with Crippen LogP contribution in [-0.2, 0) is 4.74 Å². The zero-order valence-electron chi connectivity index (χ0n) is 10.0. The molecule has 2 unspecified atom stereocenters. The van der Waals surface area contributed by atoms with E-state index in [-0.39, 0.29) is 0 Å². The number of hydrogen-bond donors (Lipinski definition) is 1. The molecule has 0 bridgehead atoms. The molecule has 0 saturated carbocycles. The summed E-state index contributed by atoms with van der Waals surface area (Å²) < 4.78 is 5.68. The summed E-state index contributed by atoms with van der Waals surface area (Å²) in [5.74, 6) is 0. The summed E-state index contributed by atoms with van der Waals surface area (Å²) in [4.78, 5) is 0. The van der Waals surface area contributed by atoms with E-state index >= 15 is 0 Å². The molecule has 1 aliphatic rings. The van der Waals surface area contributed by atoms with Crippen LogP contribution in [0, 0.1) is 0 Å². The van der Waals surface area contributed by atoms with Crippen LogP contribution in [0.1, 0.15) is 45.4 Å². The lowest BCUT2D eigenvalue weighted by atomic mass is 10.0. The Bertz CT molecular complexity index is 164. The molecular formula is C13H25NO. The number of ether oxygens (including phenoxy) is 1. The van der Waals surface area contributed by atoms with Gasteiger partial charge in [-0.2, -0.15) is 0 Å². The fraction of sp³-hybridized carbons (Fsp3) is 0.846. The van der Waals surface area contributed by atoms with Gasteiger partial charge in [0, 0.05) is 12.6 Å². The molecule has 0 aliphatic carbocycles. The van der Waals surface area contributed by atoms with Crippen LogP contribution < -0.4 is 5.32 Å². The molecule has 1 rings (SSSR count). The van der Waals surface area contributed by atoms with E-state index in [1.54, 1.807) is 0 Å². The Kier molecular flexibility index (Phi) is 6.69. The molecule has 2 atom stereocenters. The van der Waals surface area contributed by atoms with Gasteiger partial charge in [-0.25, -0.2) is 0 Å². The van der Waals surface area contributed by atoms with Crippen LogP contribution in [0.2, 0.25) is 0 Å². The van der Waals surface area contributed by atoms with Crippen LogP contribution in [-0.4, -0.2) is 25.3 Å². The predicted octanol–water partition coefficient (Wildman–Crippen LogP) is 2.89. The second-order valence-electron chi connectivity index (χ2n) is 4.34. The van der Waals surface area contributed by atoms with Crippen LogP contribution in [0.3, 0.4) is 0 Å². The molecule has 0 aromatic heterocycles. The summed E-state index contributed by atoms with van der Waals surface area (Å²) >= 11 is 0. The van der Waals surface area contributed by atoms with Crippen molar-refractivity contribution >= 4 is 0 Å². The van der Waals surface area contributed by atoms with E-state index < -0.39 is 0 Å². The van der Waals surface area contributed by atoms with Gasteiger partial charge < -0.3 is 10.1 Å². The molecule has 15 heavy (non-hydrogen) atoms. The number of hydrogen-bond acceptors (Lipinski definition) is 2. The Balaban J connectivity index is 2.18. The van der Waals surface area contributed by atoms with Gasteiger partial charge >= 0.3 is 0 Å². The van der Waals surface area contributed by atoms with E-state index in [1.807, 2.05) is 6.08 Å². The van der Waals surface area contributed by atoms with Gasteiger partial charge in [0.2, 0.25) is 0 Å². The van der Waals surface area contributed by atoms with Crippen molar-refractivity contribution in [3.63, 3.8) is 0 Å². The quantitative estimate of drug-likeness (QED) is 0.492. The first kappa shape index (κ1) is 12.7. The smallest absolute Gasteiger partial charge is 0.0590 e. The lowest BCUT2D eigenvalue weighted by Gasteiger charge is -2.20. The van der Waals surface area contributed by atoms with Crippen molar-refractivity contribution in [3.05, 3.63) is 12.7 Å². The molecule has 0 radical (unpaired) electrons. The molecule has 1 fully saturated rings.